The molecule has 1 N–H and O–H groups in total. The number of halogens is 8. The van der Waals surface area contributed by atoms with Crippen molar-refractivity contribution >= 4 is 21.6 Å². The molecule has 0 aliphatic rings. The van der Waals surface area contributed by atoms with Crippen LogP contribution in [0.4, 0.5) is 30.7 Å². The lowest BCUT2D eigenvalue weighted by molar-refractivity contribution is -0.138. The summed E-state index contributed by atoms with van der Waals surface area (Å²) >= 11 is 5.63. The van der Waals surface area contributed by atoms with Crippen molar-refractivity contribution < 1.29 is 39.2 Å². The van der Waals surface area contributed by atoms with Gasteiger partial charge in [-0.1, -0.05) is 17.7 Å². The van der Waals surface area contributed by atoms with Gasteiger partial charge in [0.25, 0.3) is 0 Å². The van der Waals surface area contributed by atoms with Crippen LogP contribution in [0, 0.1) is 5.82 Å². The van der Waals surface area contributed by atoms with Gasteiger partial charge in [-0.2, -0.15) is 26.3 Å². The van der Waals surface area contributed by atoms with E-state index in [1.807, 2.05) is 4.72 Å². The van der Waals surface area contributed by atoms with Crippen LogP contribution in [0.5, 0.6) is 0 Å². The summed E-state index contributed by atoms with van der Waals surface area (Å²) in [4.78, 5) is -0.897. The predicted octanol–water partition coefficient (Wildman–Crippen LogP) is 5.00. The maximum Gasteiger partial charge on any atom is 0.416 e. The minimum atomic E-state index is -4.83. The van der Waals surface area contributed by atoms with Crippen LogP contribution in [0.25, 0.3) is 0 Å². The molecule has 27 heavy (non-hydrogen) atoms. The van der Waals surface area contributed by atoms with E-state index in [2.05, 4.69) is 0 Å². The van der Waals surface area contributed by atoms with E-state index in [1.54, 1.807) is 0 Å². The highest BCUT2D eigenvalue weighted by Gasteiger charge is 2.33. The van der Waals surface area contributed by atoms with Crippen LogP contribution >= 0.6 is 11.6 Å². The smallest absolute Gasteiger partial charge is 0.207 e. The summed E-state index contributed by atoms with van der Waals surface area (Å²) in [6.45, 7) is -0.793. The number of hydrogen-bond acceptors (Lipinski definition) is 2. The van der Waals surface area contributed by atoms with Gasteiger partial charge in [0.2, 0.25) is 10.0 Å². The Morgan fingerprint density at radius 1 is 0.889 bits per heavy atom. The fraction of sp³-hybridized carbons (Fsp3) is 0.200. The molecule has 0 aliphatic heterocycles. The molecule has 0 radical (unpaired) electrons. The van der Waals surface area contributed by atoms with E-state index in [4.69, 9.17) is 11.6 Å². The molecule has 0 saturated heterocycles. The molecule has 0 aromatic heterocycles. The molecule has 0 spiro atoms. The molecule has 0 saturated carbocycles. The van der Waals surface area contributed by atoms with Crippen molar-refractivity contribution in [3.05, 3.63) is 63.9 Å². The standard InChI is InChI=1S/C15H9ClF7NO2S/c16-11-4-3-10(15(21,22)23)6-13(11)27(25,26)24-7-8-1-2-9(5-12(8)17)14(18,19)20/h1-6,24H,7H2. The van der Waals surface area contributed by atoms with Crippen molar-refractivity contribution in [2.24, 2.45) is 0 Å². The van der Waals surface area contributed by atoms with Crippen molar-refractivity contribution in [1.82, 2.24) is 4.72 Å². The average molecular weight is 436 g/mol. The highest BCUT2D eigenvalue weighted by atomic mass is 35.5. The molecule has 0 heterocycles. The molecular weight excluding hydrogens is 427 g/mol. The van der Waals surface area contributed by atoms with Crippen LogP contribution in [-0.4, -0.2) is 8.42 Å². The first kappa shape index (κ1) is 21.5. The van der Waals surface area contributed by atoms with Gasteiger partial charge in [0, 0.05) is 12.1 Å². The summed E-state index contributed by atoms with van der Waals surface area (Å²) in [6, 6.07) is 3.06. The highest BCUT2D eigenvalue weighted by Crippen LogP contribution is 2.33. The molecule has 2 rings (SSSR count). The van der Waals surface area contributed by atoms with Crippen molar-refractivity contribution in [3.63, 3.8) is 0 Å². The molecule has 0 amide bonds. The van der Waals surface area contributed by atoms with E-state index < -0.39 is 61.3 Å². The number of nitrogens with one attached hydrogen (secondary N) is 1. The molecule has 0 fully saturated rings. The van der Waals surface area contributed by atoms with E-state index in [1.165, 1.54) is 0 Å². The van der Waals surface area contributed by atoms with Gasteiger partial charge in [0.05, 0.1) is 16.1 Å². The minimum Gasteiger partial charge on any atom is -0.207 e. The molecule has 0 bridgehead atoms. The molecule has 0 atom stereocenters. The maximum absolute atomic E-state index is 13.7. The first-order valence-electron chi connectivity index (χ1n) is 6.94. The van der Waals surface area contributed by atoms with Gasteiger partial charge in [-0.05, 0) is 30.3 Å². The molecule has 2 aromatic carbocycles. The van der Waals surface area contributed by atoms with Gasteiger partial charge in [-0.15, -0.1) is 0 Å². The van der Waals surface area contributed by atoms with E-state index >= 15 is 0 Å². The second-order valence-electron chi connectivity index (χ2n) is 5.27. The zero-order chi connectivity index (χ0) is 20.6. The number of benzene rings is 2. The second-order valence-corrected chi connectivity index (χ2v) is 7.41. The van der Waals surface area contributed by atoms with E-state index in [0.717, 1.165) is 6.07 Å². The number of hydrogen-bond donors (Lipinski definition) is 1. The maximum atomic E-state index is 13.7. The van der Waals surface area contributed by atoms with Gasteiger partial charge in [-0.3, -0.25) is 0 Å². The largest absolute Gasteiger partial charge is 0.416 e. The first-order chi connectivity index (χ1) is 12.2. The fourth-order valence-corrected chi connectivity index (χ4v) is 3.53. The van der Waals surface area contributed by atoms with Gasteiger partial charge in [0.15, 0.2) is 0 Å². The van der Waals surface area contributed by atoms with E-state index in [9.17, 15) is 39.2 Å². The summed E-state index contributed by atoms with van der Waals surface area (Å²) < 4.78 is 116. The van der Waals surface area contributed by atoms with Crippen LogP contribution < -0.4 is 4.72 Å². The summed E-state index contributed by atoms with van der Waals surface area (Å²) in [5, 5.41) is -0.511. The molecule has 0 unspecified atom stereocenters. The van der Waals surface area contributed by atoms with Crippen molar-refractivity contribution in [1.29, 1.82) is 0 Å². The Kier molecular flexibility index (Phi) is 5.79. The van der Waals surface area contributed by atoms with Crippen molar-refractivity contribution in [2.75, 3.05) is 0 Å². The van der Waals surface area contributed by atoms with Crippen LogP contribution in [0.3, 0.4) is 0 Å². The quantitative estimate of drug-likeness (QED) is 0.687. The normalized spacial score (nSPS) is 13.0. The third-order valence-corrected chi connectivity index (χ3v) is 5.26. The Morgan fingerprint density at radius 3 is 1.93 bits per heavy atom. The van der Waals surface area contributed by atoms with Gasteiger partial charge in [0.1, 0.15) is 10.7 Å². The number of rotatable bonds is 4. The molecule has 12 heteroatoms. The Hall–Kier alpha value is -1.85. The lowest BCUT2D eigenvalue weighted by atomic mass is 10.1. The third-order valence-electron chi connectivity index (χ3n) is 3.38. The van der Waals surface area contributed by atoms with Crippen LogP contribution in [0.15, 0.2) is 41.3 Å². The summed E-state index contributed by atoms with van der Waals surface area (Å²) in [7, 11) is -4.60. The lowest BCUT2D eigenvalue weighted by Gasteiger charge is -2.13. The molecule has 3 nitrogen and oxygen atoms in total. The van der Waals surface area contributed by atoms with E-state index in [0.29, 0.717) is 24.3 Å². The Balaban J connectivity index is 2.28. The fourth-order valence-electron chi connectivity index (χ4n) is 2.00. The SMILES string of the molecule is O=S(=O)(NCc1ccc(C(F)(F)F)cc1F)c1cc(C(F)(F)F)ccc1Cl. The monoisotopic (exact) mass is 435 g/mol. The zero-order valence-electron chi connectivity index (χ0n) is 12.9. The molecule has 0 aliphatic carbocycles. The molecule has 2 aromatic rings. The minimum absolute atomic E-state index is 0.181. The van der Waals surface area contributed by atoms with Crippen molar-refractivity contribution in [3.8, 4) is 0 Å². The van der Waals surface area contributed by atoms with Gasteiger partial charge in [-0.25, -0.2) is 17.5 Å². The second kappa shape index (κ2) is 7.28. The Bertz CT molecular complexity index is 956. The third kappa shape index (κ3) is 5.11. The topological polar surface area (TPSA) is 46.2 Å². The van der Waals surface area contributed by atoms with Gasteiger partial charge < -0.3 is 0 Å². The molecular formula is C15H9ClF7NO2S. The van der Waals surface area contributed by atoms with Crippen LogP contribution in [0.1, 0.15) is 16.7 Å². The Labute approximate surface area is 153 Å². The van der Waals surface area contributed by atoms with Gasteiger partial charge >= 0.3 is 12.4 Å². The average Bonchev–Trinajstić information content (AvgIpc) is 2.51. The summed E-state index contributed by atoms with van der Waals surface area (Å²) in [6.07, 6.45) is -9.61. The van der Waals surface area contributed by atoms with Crippen LogP contribution in [0.2, 0.25) is 5.02 Å². The zero-order valence-corrected chi connectivity index (χ0v) is 14.5. The number of alkyl halides is 6. The number of sulfonamides is 1. The van der Waals surface area contributed by atoms with Crippen LogP contribution in [-0.2, 0) is 28.9 Å². The summed E-state index contributed by atoms with van der Waals surface area (Å²) in [5.41, 5.74) is -2.98. The molecule has 148 valence electrons. The lowest BCUT2D eigenvalue weighted by Crippen LogP contribution is -2.24. The van der Waals surface area contributed by atoms with Crippen molar-refractivity contribution in [2.45, 2.75) is 23.8 Å². The predicted molar refractivity (Wildman–Crippen MR) is 81.9 cm³/mol. The van der Waals surface area contributed by atoms with E-state index in [-0.39, 0.29) is 6.07 Å². The summed E-state index contributed by atoms with van der Waals surface area (Å²) in [5.74, 6) is -1.33. The first-order valence-corrected chi connectivity index (χ1v) is 8.80. The highest BCUT2D eigenvalue weighted by molar-refractivity contribution is 7.89. The Morgan fingerprint density at radius 2 is 1.41 bits per heavy atom.